The molecule has 6 nitrogen and oxygen atoms in total. The number of piperazine rings is 1. The zero-order chi connectivity index (χ0) is 14.8. The van der Waals surface area contributed by atoms with E-state index in [-0.39, 0.29) is 24.1 Å². The van der Waals surface area contributed by atoms with E-state index in [1.54, 1.807) is 20.8 Å². The third kappa shape index (κ3) is 3.46. The first kappa shape index (κ1) is 15.9. The second kappa shape index (κ2) is 5.90. The van der Waals surface area contributed by atoms with Gasteiger partial charge < -0.3 is 10.2 Å². The molecule has 1 N–H and O–H groups in total. The van der Waals surface area contributed by atoms with Crippen LogP contribution in [0, 0.1) is 0 Å². The zero-order valence-electron chi connectivity index (χ0n) is 11.8. The van der Waals surface area contributed by atoms with Crippen molar-refractivity contribution in [2.45, 2.75) is 51.4 Å². The average Bonchev–Trinajstić information content (AvgIpc) is 2.33. The van der Waals surface area contributed by atoms with E-state index >= 15 is 0 Å². The molecule has 0 aromatic heterocycles. The summed E-state index contributed by atoms with van der Waals surface area (Å²) in [7, 11) is -3.21. The van der Waals surface area contributed by atoms with Gasteiger partial charge in [-0.15, -0.1) is 0 Å². The third-order valence-corrected chi connectivity index (χ3v) is 5.68. The number of hydrogen-bond donors (Lipinski definition) is 1. The molecule has 0 aromatic carbocycles. The Morgan fingerprint density at radius 2 is 1.89 bits per heavy atom. The summed E-state index contributed by atoms with van der Waals surface area (Å²) in [6, 6.07) is -1.15. The Hall–Kier alpha value is -1.11. The number of rotatable bonds is 5. The number of carbonyl (C=O) groups excluding carboxylic acids is 2. The second-order valence-corrected chi connectivity index (χ2v) is 7.77. The molecule has 1 fully saturated rings. The topological polar surface area (TPSA) is 83.6 Å². The lowest BCUT2D eigenvalue weighted by Crippen LogP contribution is -2.62. The summed E-state index contributed by atoms with van der Waals surface area (Å²) in [6.45, 7) is 6.71. The van der Waals surface area contributed by atoms with Gasteiger partial charge >= 0.3 is 0 Å². The van der Waals surface area contributed by atoms with Crippen LogP contribution < -0.4 is 5.32 Å². The van der Waals surface area contributed by atoms with Gasteiger partial charge in [0, 0.05) is 6.54 Å². The highest BCUT2D eigenvalue weighted by Gasteiger charge is 2.37. The molecule has 110 valence electrons. The summed E-state index contributed by atoms with van der Waals surface area (Å²) in [6.07, 6.45) is 0.505. The number of carbonyl (C=O) groups is 2. The Morgan fingerprint density at radius 1 is 1.32 bits per heavy atom. The normalized spacial score (nSPS) is 24.8. The van der Waals surface area contributed by atoms with Gasteiger partial charge in [-0.05, 0) is 27.2 Å². The summed E-state index contributed by atoms with van der Waals surface area (Å²) in [5.41, 5.74) is 0. The molecule has 0 radical (unpaired) electrons. The summed E-state index contributed by atoms with van der Waals surface area (Å²) in [5, 5.41) is 2.16. The van der Waals surface area contributed by atoms with Gasteiger partial charge in [0.05, 0.1) is 11.0 Å². The number of sulfone groups is 1. The van der Waals surface area contributed by atoms with Crippen LogP contribution in [-0.4, -0.2) is 54.8 Å². The highest BCUT2D eigenvalue weighted by molar-refractivity contribution is 7.92. The molecule has 1 saturated heterocycles. The van der Waals surface area contributed by atoms with E-state index in [4.69, 9.17) is 0 Å². The maximum Gasteiger partial charge on any atom is 0.245 e. The molecule has 0 spiro atoms. The second-order valence-electron chi connectivity index (χ2n) is 5.09. The molecular formula is C12H22N2O4S. The van der Waals surface area contributed by atoms with Crippen molar-refractivity contribution in [3.63, 3.8) is 0 Å². The predicted molar refractivity (Wildman–Crippen MR) is 72.3 cm³/mol. The number of nitrogens with zero attached hydrogens (tertiary/aromatic N) is 1. The maximum absolute atomic E-state index is 12.1. The Bertz CT molecular complexity index is 458. The molecule has 1 rings (SSSR count). The number of nitrogens with one attached hydrogen (secondary N) is 1. The molecule has 1 aliphatic heterocycles. The molecule has 2 atom stereocenters. The van der Waals surface area contributed by atoms with Crippen LogP contribution in [0.15, 0.2) is 0 Å². The standard InChI is InChI=1S/C12H22N2O4S/c1-5-10-12(16)14(9(4)11(15)13-10)6-7-19(17,18)8(2)3/h8-10H,5-7H2,1-4H3,(H,13,15). The van der Waals surface area contributed by atoms with E-state index in [1.807, 2.05) is 6.92 Å². The highest BCUT2D eigenvalue weighted by Crippen LogP contribution is 2.13. The van der Waals surface area contributed by atoms with Gasteiger partial charge in [-0.1, -0.05) is 6.92 Å². The van der Waals surface area contributed by atoms with Crippen LogP contribution in [0.3, 0.4) is 0 Å². The summed E-state index contributed by atoms with van der Waals surface area (Å²) in [4.78, 5) is 25.2. The van der Waals surface area contributed by atoms with E-state index in [0.717, 1.165) is 0 Å². The van der Waals surface area contributed by atoms with Gasteiger partial charge in [-0.2, -0.15) is 0 Å². The number of amides is 2. The SMILES string of the molecule is CCC1NC(=O)C(C)N(CCS(=O)(=O)C(C)C)C1=O. The Balaban J connectivity index is 2.80. The van der Waals surface area contributed by atoms with Crippen LogP contribution in [0.4, 0.5) is 0 Å². The van der Waals surface area contributed by atoms with Crippen LogP contribution in [0.1, 0.15) is 34.1 Å². The van der Waals surface area contributed by atoms with E-state index in [1.165, 1.54) is 4.90 Å². The van der Waals surface area contributed by atoms with Crippen LogP contribution in [0.2, 0.25) is 0 Å². The fourth-order valence-electron chi connectivity index (χ4n) is 1.93. The molecule has 7 heteroatoms. The molecular weight excluding hydrogens is 268 g/mol. The molecule has 1 aliphatic rings. The first-order chi connectivity index (χ1) is 8.70. The highest BCUT2D eigenvalue weighted by atomic mass is 32.2. The Morgan fingerprint density at radius 3 is 2.37 bits per heavy atom. The summed E-state index contributed by atoms with van der Waals surface area (Å²) >= 11 is 0. The minimum absolute atomic E-state index is 0.0738. The molecule has 1 heterocycles. The lowest BCUT2D eigenvalue weighted by atomic mass is 10.1. The molecule has 2 unspecified atom stereocenters. The summed E-state index contributed by atoms with van der Waals surface area (Å²) < 4.78 is 23.6. The van der Waals surface area contributed by atoms with Crippen molar-refractivity contribution in [3.8, 4) is 0 Å². The quantitative estimate of drug-likeness (QED) is 0.768. The number of hydrogen-bond acceptors (Lipinski definition) is 4. The lowest BCUT2D eigenvalue weighted by Gasteiger charge is -2.37. The van der Waals surface area contributed by atoms with Gasteiger partial charge in [0.2, 0.25) is 11.8 Å². The van der Waals surface area contributed by atoms with Gasteiger partial charge in [0.15, 0.2) is 9.84 Å². The molecule has 0 saturated carbocycles. The van der Waals surface area contributed by atoms with Gasteiger partial charge in [-0.25, -0.2) is 8.42 Å². The van der Waals surface area contributed by atoms with Gasteiger partial charge in [0.1, 0.15) is 12.1 Å². The smallest absolute Gasteiger partial charge is 0.245 e. The van der Waals surface area contributed by atoms with Crippen molar-refractivity contribution in [2.75, 3.05) is 12.3 Å². The largest absolute Gasteiger partial charge is 0.343 e. The molecule has 0 aromatic rings. The Kier molecular flexibility index (Phi) is 4.95. The predicted octanol–water partition coefficient (Wildman–Crippen LogP) is -0.0649. The minimum atomic E-state index is -3.21. The minimum Gasteiger partial charge on any atom is -0.343 e. The van der Waals surface area contributed by atoms with E-state index in [0.29, 0.717) is 6.42 Å². The van der Waals surface area contributed by atoms with Crippen LogP contribution in [0.5, 0.6) is 0 Å². The van der Waals surface area contributed by atoms with Crippen molar-refractivity contribution < 1.29 is 18.0 Å². The molecule has 0 aliphatic carbocycles. The average molecular weight is 290 g/mol. The fraction of sp³-hybridized carbons (Fsp3) is 0.833. The van der Waals surface area contributed by atoms with Crippen LogP contribution >= 0.6 is 0 Å². The van der Waals surface area contributed by atoms with E-state index < -0.39 is 27.2 Å². The van der Waals surface area contributed by atoms with Crippen molar-refractivity contribution in [1.29, 1.82) is 0 Å². The fourth-order valence-corrected chi connectivity index (χ4v) is 2.85. The van der Waals surface area contributed by atoms with Crippen molar-refractivity contribution in [2.24, 2.45) is 0 Å². The molecule has 19 heavy (non-hydrogen) atoms. The summed E-state index contributed by atoms with van der Waals surface area (Å²) in [5.74, 6) is -0.535. The molecule has 2 amide bonds. The first-order valence-corrected chi connectivity index (χ1v) is 8.24. The first-order valence-electron chi connectivity index (χ1n) is 6.53. The van der Waals surface area contributed by atoms with E-state index in [2.05, 4.69) is 5.32 Å². The van der Waals surface area contributed by atoms with Crippen molar-refractivity contribution in [1.82, 2.24) is 10.2 Å². The monoisotopic (exact) mass is 290 g/mol. The third-order valence-electron chi connectivity index (χ3n) is 3.49. The molecule has 0 bridgehead atoms. The maximum atomic E-state index is 12.1. The van der Waals surface area contributed by atoms with Crippen LogP contribution in [0.25, 0.3) is 0 Å². The van der Waals surface area contributed by atoms with Crippen LogP contribution in [-0.2, 0) is 19.4 Å². The van der Waals surface area contributed by atoms with Crippen molar-refractivity contribution in [3.05, 3.63) is 0 Å². The Labute approximate surface area is 114 Å². The lowest BCUT2D eigenvalue weighted by molar-refractivity contribution is -0.148. The van der Waals surface area contributed by atoms with Crippen molar-refractivity contribution >= 4 is 21.7 Å². The van der Waals surface area contributed by atoms with E-state index in [9.17, 15) is 18.0 Å². The van der Waals surface area contributed by atoms with Gasteiger partial charge in [-0.3, -0.25) is 9.59 Å². The van der Waals surface area contributed by atoms with Gasteiger partial charge in [0.25, 0.3) is 0 Å². The zero-order valence-corrected chi connectivity index (χ0v) is 12.7.